The van der Waals surface area contributed by atoms with Gasteiger partial charge in [0, 0.05) is 12.2 Å². The quantitative estimate of drug-likeness (QED) is 0.183. The molecular weight excluding hydrogens is 354 g/mol. The Balaban J connectivity index is 4.27. The van der Waals surface area contributed by atoms with Gasteiger partial charge in [-0.1, -0.05) is 0 Å². The molecule has 25 heavy (non-hydrogen) atoms. The van der Waals surface area contributed by atoms with Crippen molar-refractivity contribution in [1.82, 2.24) is 16.0 Å². The predicted octanol–water partition coefficient (Wildman–Crippen LogP) is -3.30. The van der Waals surface area contributed by atoms with Crippen LogP contribution < -0.4 is 27.4 Å². The van der Waals surface area contributed by atoms with E-state index in [1.807, 2.05) is 0 Å². The van der Waals surface area contributed by atoms with E-state index in [1.54, 1.807) is 0 Å². The largest absolute Gasteiger partial charge is 0.480 e. The van der Waals surface area contributed by atoms with Crippen LogP contribution in [0.25, 0.3) is 0 Å². The van der Waals surface area contributed by atoms with Gasteiger partial charge in [0.15, 0.2) is 0 Å². The van der Waals surface area contributed by atoms with Crippen molar-refractivity contribution >= 4 is 42.2 Å². The maximum absolute atomic E-state index is 11.8. The highest BCUT2D eigenvalue weighted by Gasteiger charge is 2.23. The summed E-state index contributed by atoms with van der Waals surface area (Å²) in [4.78, 5) is 56.5. The SMILES string of the molecule is CC(NC(=O)CNC(=O)C(N)CCC(N)=O)C(=O)NC(CS)C(=O)O. The Kier molecular flexibility index (Phi) is 10.2. The molecule has 4 amide bonds. The molecule has 0 aliphatic carbocycles. The molecule has 0 aliphatic heterocycles. The van der Waals surface area contributed by atoms with Gasteiger partial charge >= 0.3 is 5.97 Å². The van der Waals surface area contributed by atoms with Crippen molar-refractivity contribution in [2.24, 2.45) is 11.5 Å². The first-order valence-corrected chi connectivity index (χ1v) is 7.96. The van der Waals surface area contributed by atoms with E-state index in [1.165, 1.54) is 6.92 Å². The van der Waals surface area contributed by atoms with Gasteiger partial charge in [0.05, 0.1) is 12.6 Å². The minimum absolute atomic E-state index is 0.0436. The number of amides is 4. The Labute approximate surface area is 149 Å². The second-order valence-corrected chi connectivity index (χ2v) is 5.57. The number of nitrogens with one attached hydrogen (secondary N) is 3. The standard InChI is InChI=1S/C13H23N5O6S/c1-6(11(21)18-8(5-25)13(23)24)17-10(20)4-16-12(22)7(14)2-3-9(15)19/h6-8,25H,2-5,14H2,1H3,(H2,15,19)(H,16,22)(H,17,20)(H,18,21)(H,23,24). The van der Waals surface area contributed by atoms with E-state index in [0.29, 0.717) is 0 Å². The smallest absolute Gasteiger partial charge is 0.327 e. The van der Waals surface area contributed by atoms with Crippen LogP contribution in [0.1, 0.15) is 19.8 Å². The molecule has 11 nitrogen and oxygen atoms in total. The van der Waals surface area contributed by atoms with Crippen molar-refractivity contribution in [3.63, 3.8) is 0 Å². The van der Waals surface area contributed by atoms with E-state index in [0.717, 1.165) is 0 Å². The molecule has 0 heterocycles. The van der Waals surface area contributed by atoms with E-state index >= 15 is 0 Å². The summed E-state index contributed by atoms with van der Waals surface area (Å²) in [7, 11) is 0. The topological polar surface area (TPSA) is 194 Å². The molecule has 0 aromatic rings. The molecule has 0 bridgehead atoms. The summed E-state index contributed by atoms with van der Waals surface area (Å²) in [6, 6.07) is -3.19. The van der Waals surface area contributed by atoms with E-state index in [2.05, 4.69) is 28.6 Å². The van der Waals surface area contributed by atoms with Gasteiger partial charge in [-0.3, -0.25) is 19.2 Å². The van der Waals surface area contributed by atoms with Crippen LogP contribution in [0.4, 0.5) is 0 Å². The van der Waals surface area contributed by atoms with Crippen LogP contribution in [0.2, 0.25) is 0 Å². The molecule has 0 fully saturated rings. The number of hydrogen-bond donors (Lipinski definition) is 7. The highest BCUT2D eigenvalue weighted by molar-refractivity contribution is 7.80. The van der Waals surface area contributed by atoms with Crippen LogP contribution >= 0.6 is 12.6 Å². The first-order chi connectivity index (χ1) is 11.6. The Bertz CT molecular complexity index is 529. The van der Waals surface area contributed by atoms with Crippen LogP contribution in [0.5, 0.6) is 0 Å². The lowest BCUT2D eigenvalue weighted by Gasteiger charge is -2.18. The number of carbonyl (C=O) groups is 5. The van der Waals surface area contributed by atoms with E-state index in [9.17, 15) is 24.0 Å². The van der Waals surface area contributed by atoms with Crippen molar-refractivity contribution in [2.75, 3.05) is 12.3 Å². The van der Waals surface area contributed by atoms with Crippen molar-refractivity contribution in [1.29, 1.82) is 0 Å². The first kappa shape index (κ1) is 22.7. The molecule has 0 saturated carbocycles. The van der Waals surface area contributed by atoms with Crippen molar-refractivity contribution in [3.05, 3.63) is 0 Å². The third-order valence-electron chi connectivity index (χ3n) is 3.03. The summed E-state index contributed by atoms with van der Waals surface area (Å²) >= 11 is 3.80. The second-order valence-electron chi connectivity index (χ2n) is 5.20. The van der Waals surface area contributed by atoms with Gasteiger partial charge in [0.2, 0.25) is 23.6 Å². The van der Waals surface area contributed by atoms with Gasteiger partial charge < -0.3 is 32.5 Å². The fraction of sp³-hybridized carbons (Fsp3) is 0.615. The number of hydrogen-bond acceptors (Lipinski definition) is 7. The van der Waals surface area contributed by atoms with E-state index in [-0.39, 0.29) is 18.6 Å². The number of thiol groups is 1. The average Bonchev–Trinajstić information content (AvgIpc) is 2.54. The number of primary amides is 1. The minimum atomic E-state index is -1.25. The lowest BCUT2D eigenvalue weighted by atomic mass is 10.1. The van der Waals surface area contributed by atoms with Crippen LogP contribution in [0.15, 0.2) is 0 Å². The number of rotatable bonds is 11. The van der Waals surface area contributed by atoms with E-state index < -0.39 is 54.3 Å². The first-order valence-electron chi connectivity index (χ1n) is 7.33. The van der Waals surface area contributed by atoms with Crippen LogP contribution in [0.3, 0.4) is 0 Å². The summed E-state index contributed by atoms with van der Waals surface area (Å²) in [5.74, 6) is -3.98. The number of nitrogens with two attached hydrogens (primary N) is 2. The summed E-state index contributed by atoms with van der Waals surface area (Å²) in [5, 5.41) is 15.6. The lowest BCUT2D eigenvalue weighted by molar-refractivity contribution is -0.141. The Hall–Kier alpha value is -2.34. The number of carboxylic acid groups (broad SMARTS) is 1. The van der Waals surface area contributed by atoms with Gasteiger partial charge in [-0.25, -0.2) is 4.79 Å². The maximum atomic E-state index is 11.8. The Morgan fingerprint density at radius 1 is 1.12 bits per heavy atom. The number of carbonyl (C=O) groups excluding carboxylic acids is 4. The Morgan fingerprint density at radius 2 is 1.72 bits per heavy atom. The molecule has 3 atom stereocenters. The monoisotopic (exact) mass is 377 g/mol. The molecular formula is C13H23N5O6S. The van der Waals surface area contributed by atoms with Gasteiger partial charge in [0.1, 0.15) is 12.1 Å². The molecule has 8 N–H and O–H groups in total. The zero-order valence-electron chi connectivity index (χ0n) is 13.7. The minimum Gasteiger partial charge on any atom is -0.480 e. The number of aliphatic carboxylic acids is 1. The van der Waals surface area contributed by atoms with Crippen molar-refractivity contribution in [3.8, 4) is 0 Å². The summed E-state index contributed by atoms with van der Waals surface area (Å²) in [5.41, 5.74) is 10.5. The Morgan fingerprint density at radius 3 is 2.20 bits per heavy atom. The molecule has 12 heteroatoms. The molecule has 0 spiro atoms. The highest BCUT2D eigenvalue weighted by atomic mass is 32.1. The van der Waals surface area contributed by atoms with Crippen LogP contribution in [-0.4, -0.2) is 65.1 Å². The highest BCUT2D eigenvalue weighted by Crippen LogP contribution is 1.94. The lowest BCUT2D eigenvalue weighted by Crippen LogP contribution is -2.53. The molecule has 0 radical (unpaired) electrons. The van der Waals surface area contributed by atoms with Crippen molar-refractivity contribution < 1.29 is 29.1 Å². The number of carboxylic acids is 1. The van der Waals surface area contributed by atoms with Crippen LogP contribution in [0, 0.1) is 0 Å². The predicted molar refractivity (Wildman–Crippen MR) is 90.4 cm³/mol. The fourth-order valence-corrected chi connectivity index (χ4v) is 1.82. The van der Waals surface area contributed by atoms with Gasteiger partial charge in [-0.15, -0.1) is 0 Å². The maximum Gasteiger partial charge on any atom is 0.327 e. The summed E-state index contributed by atoms with van der Waals surface area (Å²) in [6.45, 7) is 0.917. The summed E-state index contributed by atoms with van der Waals surface area (Å²) < 4.78 is 0. The molecule has 3 unspecified atom stereocenters. The average molecular weight is 377 g/mol. The van der Waals surface area contributed by atoms with Gasteiger partial charge in [-0.2, -0.15) is 12.6 Å². The molecule has 0 aromatic carbocycles. The zero-order chi connectivity index (χ0) is 19.6. The fourth-order valence-electron chi connectivity index (χ4n) is 1.57. The molecule has 0 aromatic heterocycles. The normalized spacial score (nSPS) is 13.9. The molecule has 142 valence electrons. The molecule has 0 rings (SSSR count). The van der Waals surface area contributed by atoms with Crippen LogP contribution in [-0.2, 0) is 24.0 Å². The molecule has 0 saturated heterocycles. The molecule has 0 aliphatic rings. The second kappa shape index (κ2) is 11.3. The van der Waals surface area contributed by atoms with E-state index in [4.69, 9.17) is 16.6 Å². The van der Waals surface area contributed by atoms with Gasteiger partial charge in [-0.05, 0) is 13.3 Å². The third-order valence-corrected chi connectivity index (χ3v) is 3.39. The zero-order valence-corrected chi connectivity index (χ0v) is 14.5. The van der Waals surface area contributed by atoms with Gasteiger partial charge in [0.25, 0.3) is 0 Å². The van der Waals surface area contributed by atoms with Crippen molar-refractivity contribution in [2.45, 2.75) is 37.9 Å². The third kappa shape index (κ3) is 9.52. The summed E-state index contributed by atoms with van der Waals surface area (Å²) in [6.07, 6.45) is -0.0181.